The van der Waals surface area contributed by atoms with Crippen molar-refractivity contribution in [2.45, 2.75) is 31.6 Å². The summed E-state index contributed by atoms with van der Waals surface area (Å²) in [6.45, 7) is 4.96. The van der Waals surface area contributed by atoms with Crippen LogP contribution in [0.4, 0.5) is 0 Å². The molecular weight excluding hydrogens is 404 g/mol. The van der Waals surface area contributed by atoms with Crippen LogP contribution in [0.2, 0.25) is 0 Å². The van der Waals surface area contributed by atoms with Gasteiger partial charge in [0.25, 0.3) is 0 Å². The summed E-state index contributed by atoms with van der Waals surface area (Å²) in [5, 5.41) is 2.89. The van der Waals surface area contributed by atoms with Gasteiger partial charge < -0.3 is 14.8 Å². The van der Waals surface area contributed by atoms with Gasteiger partial charge in [0.05, 0.1) is 25.5 Å². The van der Waals surface area contributed by atoms with E-state index < -0.39 is 10.0 Å². The zero-order chi connectivity index (χ0) is 22.1. The highest BCUT2D eigenvalue weighted by Gasteiger charge is 2.21. The summed E-state index contributed by atoms with van der Waals surface area (Å²) in [4.78, 5) is 12.6. The van der Waals surface area contributed by atoms with Gasteiger partial charge in [-0.1, -0.05) is 26.0 Å². The highest BCUT2D eigenvalue weighted by molar-refractivity contribution is 7.89. The molecule has 0 unspecified atom stereocenters. The van der Waals surface area contributed by atoms with Gasteiger partial charge in [-0.25, -0.2) is 8.42 Å². The number of amides is 1. The van der Waals surface area contributed by atoms with Crippen LogP contribution in [0.3, 0.4) is 0 Å². The molecule has 0 aliphatic carbocycles. The Labute approximate surface area is 179 Å². The van der Waals surface area contributed by atoms with Crippen molar-refractivity contribution in [3.8, 4) is 11.5 Å². The zero-order valence-electron chi connectivity index (χ0n) is 18.0. The lowest BCUT2D eigenvalue weighted by molar-refractivity contribution is -0.120. The molecule has 0 aliphatic rings. The third-order valence-corrected chi connectivity index (χ3v) is 6.91. The van der Waals surface area contributed by atoms with Crippen molar-refractivity contribution >= 4 is 15.9 Å². The van der Waals surface area contributed by atoms with Gasteiger partial charge in [-0.05, 0) is 42.3 Å². The fourth-order valence-corrected chi connectivity index (χ4v) is 4.60. The Bertz CT molecular complexity index is 939. The molecule has 0 bridgehead atoms. The topological polar surface area (TPSA) is 84.9 Å². The van der Waals surface area contributed by atoms with E-state index in [1.165, 1.54) is 4.31 Å². The summed E-state index contributed by atoms with van der Waals surface area (Å²) < 4.78 is 37.0. The van der Waals surface area contributed by atoms with Crippen LogP contribution < -0.4 is 14.8 Å². The minimum absolute atomic E-state index is 0.123. The first kappa shape index (κ1) is 23.7. The smallest absolute Gasteiger partial charge is 0.243 e. The number of methoxy groups -OCH3 is 2. The van der Waals surface area contributed by atoms with Crippen LogP contribution in [-0.4, -0.2) is 52.5 Å². The molecule has 164 valence electrons. The van der Waals surface area contributed by atoms with E-state index in [2.05, 4.69) is 5.32 Å². The maximum Gasteiger partial charge on any atom is 0.243 e. The standard InChI is InChI=1S/C22H30N2O5S/c1-5-24(6-2)30(26,27)20-10-7-17(8-11-20)13-14-23-22(25)16-18-15-19(28-3)9-12-21(18)29-4/h7-12,15H,5-6,13-14,16H2,1-4H3,(H,23,25). The molecule has 1 amide bonds. The van der Waals surface area contributed by atoms with Gasteiger partial charge >= 0.3 is 0 Å². The van der Waals surface area contributed by atoms with Crippen LogP contribution in [0, 0.1) is 0 Å². The SMILES string of the molecule is CCN(CC)S(=O)(=O)c1ccc(CCNC(=O)Cc2cc(OC)ccc2OC)cc1. The Balaban J connectivity index is 1.92. The lowest BCUT2D eigenvalue weighted by atomic mass is 10.1. The molecule has 30 heavy (non-hydrogen) atoms. The highest BCUT2D eigenvalue weighted by Crippen LogP contribution is 2.24. The molecule has 1 N–H and O–H groups in total. The number of benzene rings is 2. The first-order valence-corrected chi connectivity index (χ1v) is 11.4. The normalized spacial score (nSPS) is 11.4. The number of ether oxygens (including phenoxy) is 2. The summed E-state index contributed by atoms with van der Waals surface area (Å²) >= 11 is 0. The molecule has 2 rings (SSSR count). The molecule has 8 heteroatoms. The monoisotopic (exact) mass is 434 g/mol. The van der Waals surface area contributed by atoms with E-state index in [0.717, 1.165) is 11.1 Å². The minimum atomic E-state index is -3.46. The molecule has 0 radical (unpaired) electrons. The lowest BCUT2D eigenvalue weighted by Gasteiger charge is -2.18. The van der Waals surface area contributed by atoms with Gasteiger partial charge in [0.2, 0.25) is 15.9 Å². The zero-order valence-corrected chi connectivity index (χ0v) is 18.8. The third-order valence-electron chi connectivity index (χ3n) is 4.84. The average molecular weight is 435 g/mol. The molecule has 0 spiro atoms. The van der Waals surface area contributed by atoms with E-state index in [4.69, 9.17) is 9.47 Å². The molecule has 0 saturated heterocycles. The van der Waals surface area contributed by atoms with Crippen LogP contribution >= 0.6 is 0 Å². The van der Waals surface area contributed by atoms with Crippen LogP contribution in [0.5, 0.6) is 11.5 Å². The van der Waals surface area contributed by atoms with Crippen molar-refractivity contribution in [1.29, 1.82) is 0 Å². The Morgan fingerprint density at radius 3 is 2.23 bits per heavy atom. The van der Waals surface area contributed by atoms with E-state index in [9.17, 15) is 13.2 Å². The van der Waals surface area contributed by atoms with E-state index in [-0.39, 0.29) is 17.2 Å². The lowest BCUT2D eigenvalue weighted by Crippen LogP contribution is -2.30. The molecule has 7 nitrogen and oxygen atoms in total. The fourth-order valence-electron chi connectivity index (χ4n) is 3.14. The Morgan fingerprint density at radius 2 is 1.67 bits per heavy atom. The second-order valence-electron chi connectivity index (χ2n) is 6.69. The number of sulfonamides is 1. The van der Waals surface area contributed by atoms with Crippen molar-refractivity contribution in [2.75, 3.05) is 33.9 Å². The Morgan fingerprint density at radius 1 is 1.00 bits per heavy atom. The van der Waals surface area contributed by atoms with Crippen molar-refractivity contribution in [2.24, 2.45) is 0 Å². The molecule has 0 fully saturated rings. The van der Waals surface area contributed by atoms with Gasteiger partial charge in [-0.2, -0.15) is 4.31 Å². The maximum absolute atomic E-state index is 12.5. The number of hydrogen-bond acceptors (Lipinski definition) is 5. The Hall–Kier alpha value is -2.58. The number of nitrogens with zero attached hydrogens (tertiary/aromatic N) is 1. The maximum atomic E-state index is 12.5. The van der Waals surface area contributed by atoms with Gasteiger partial charge in [0, 0.05) is 25.2 Å². The minimum Gasteiger partial charge on any atom is -0.497 e. The van der Waals surface area contributed by atoms with Gasteiger partial charge in [0.15, 0.2) is 0 Å². The van der Waals surface area contributed by atoms with Gasteiger partial charge in [0.1, 0.15) is 11.5 Å². The molecule has 0 aliphatic heterocycles. The summed E-state index contributed by atoms with van der Waals surface area (Å²) in [6, 6.07) is 12.1. The quantitative estimate of drug-likeness (QED) is 0.588. The largest absolute Gasteiger partial charge is 0.497 e. The van der Waals surface area contributed by atoms with Crippen LogP contribution in [0.1, 0.15) is 25.0 Å². The summed E-state index contributed by atoms with van der Waals surface area (Å²) in [7, 11) is -0.321. The van der Waals surface area contributed by atoms with Crippen molar-refractivity contribution in [1.82, 2.24) is 9.62 Å². The molecule has 0 atom stereocenters. The van der Waals surface area contributed by atoms with Gasteiger partial charge in [-0.3, -0.25) is 4.79 Å². The van der Waals surface area contributed by atoms with Crippen molar-refractivity contribution in [3.05, 3.63) is 53.6 Å². The summed E-state index contributed by atoms with van der Waals surface area (Å²) in [6.07, 6.45) is 0.786. The Kier molecular flexibility index (Phi) is 8.68. The predicted octanol–water partition coefficient (Wildman–Crippen LogP) is 2.64. The third kappa shape index (κ3) is 5.96. The summed E-state index contributed by atoms with van der Waals surface area (Å²) in [5.74, 6) is 1.18. The van der Waals surface area contributed by atoms with Crippen molar-refractivity contribution < 1.29 is 22.7 Å². The van der Waals surface area contributed by atoms with Crippen LogP contribution in [0.15, 0.2) is 47.4 Å². The number of carbonyl (C=O) groups excluding carboxylic acids is 1. The molecule has 2 aromatic carbocycles. The van der Waals surface area contributed by atoms with Gasteiger partial charge in [-0.15, -0.1) is 0 Å². The highest BCUT2D eigenvalue weighted by atomic mass is 32.2. The second kappa shape index (κ2) is 11.0. The van der Waals surface area contributed by atoms with Crippen LogP contribution in [-0.2, 0) is 27.7 Å². The van der Waals surface area contributed by atoms with E-state index in [1.807, 2.05) is 13.8 Å². The van der Waals surface area contributed by atoms with E-state index in [1.54, 1.807) is 56.7 Å². The first-order chi connectivity index (χ1) is 14.3. The number of nitrogens with one attached hydrogen (secondary N) is 1. The number of hydrogen-bond donors (Lipinski definition) is 1. The first-order valence-electron chi connectivity index (χ1n) is 9.92. The molecule has 2 aromatic rings. The van der Waals surface area contributed by atoms with E-state index >= 15 is 0 Å². The number of carbonyl (C=O) groups is 1. The molecule has 0 saturated carbocycles. The fraction of sp³-hybridized carbons (Fsp3) is 0.409. The van der Waals surface area contributed by atoms with E-state index in [0.29, 0.717) is 37.6 Å². The van der Waals surface area contributed by atoms with Crippen molar-refractivity contribution in [3.63, 3.8) is 0 Å². The second-order valence-corrected chi connectivity index (χ2v) is 8.63. The molecule has 0 heterocycles. The average Bonchev–Trinajstić information content (AvgIpc) is 2.74. The predicted molar refractivity (Wildman–Crippen MR) is 117 cm³/mol. The summed E-state index contributed by atoms with van der Waals surface area (Å²) in [5.41, 5.74) is 1.70. The number of rotatable bonds is 11. The molecular formula is C22H30N2O5S. The molecule has 0 aromatic heterocycles. The van der Waals surface area contributed by atoms with Crippen LogP contribution in [0.25, 0.3) is 0 Å².